The fourth-order valence-corrected chi connectivity index (χ4v) is 1.29. The predicted octanol–water partition coefficient (Wildman–Crippen LogP) is 1.88. The molecule has 0 fully saturated rings. The molecule has 1 aromatic rings. The summed E-state index contributed by atoms with van der Waals surface area (Å²) < 4.78 is 0. The third-order valence-electron chi connectivity index (χ3n) is 2.02. The van der Waals surface area contributed by atoms with Crippen LogP contribution in [0.25, 0.3) is 0 Å². The number of benzene rings is 1. The van der Waals surface area contributed by atoms with Crippen LogP contribution in [0, 0.1) is 6.92 Å². The van der Waals surface area contributed by atoms with Gasteiger partial charge >= 0.3 is 0 Å². The average Bonchev–Trinajstić information content (AvgIpc) is 2.10. The fourth-order valence-electron chi connectivity index (χ4n) is 1.12. The van der Waals surface area contributed by atoms with Crippen molar-refractivity contribution in [3.8, 4) is 5.75 Å². The van der Waals surface area contributed by atoms with Gasteiger partial charge in [0, 0.05) is 16.6 Å². The number of hydrogen-bond acceptors (Lipinski definition) is 3. The Hall–Kier alpha value is -0.770. The van der Waals surface area contributed by atoms with Crippen molar-refractivity contribution in [1.82, 2.24) is 5.43 Å². The summed E-state index contributed by atoms with van der Waals surface area (Å²) in [5.41, 5.74) is 4.11. The number of rotatable bonds is 2. The lowest BCUT2D eigenvalue weighted by Crippen LogP contribution is -2.25. The normalized spacial score (nSPS) is 12.9. The van der Waals surface area contributed by atoms with E-state index in [1.54, 1.807) is 12.1 Å². The van der Waals surface area contributed by atoms with Crippen LogP contribution < -0.4 is 11.3 Å². The molecule has 3 nitrogen and oxygen atoms in total. The number of hydrogen-bond donors (Lipinski definition) is 3. The zero-order valence-electron chi connectivity index (χ0n) is 7.63. The summed E-state index contributed by atoms with van der Waals surface area (Å²) in [6.45, 7) is 3.69. The van der Waals surface area contributed by atoms with Crippen molar-refractivity contribution in [1.29, 1.82) is 0 Å². The first-order valence-corrected chi connectivity index (χ1v) is 4.39. The molecule has 0 bridgehead atoms. The van der Waals surface area contributed by atoms with E-state index in [1.165, 1.54) is 0 Å². The topological polar surface area (TPSA) is 58.3 Å². The van der Waals surface area contributed by atoms with E-state index in [4.69, 9.17) is 17.4 Å². The van der Waals surface area contributed by atoms with Crippen LogP contribution in [-0.2, 0) is 0 Å². The molecular formula is C9H13ClN2O. The Morgan fingerprint density at radius 3 is 2.69 bits per heavy atom. The van der Waals surface area contributed by atoms with Crippen LogP contribution in [0.5, 0.6) is 5.75 Å². The van der Waals surface area contributed by atoms with E-state index < -0.39 is 0 Å². The first kappa shape index (κ1) is 10.3. The van der Waals surface area contributed by atoms with Gasteiger partial charge in [0.15, 0.2) is 0 Å². The lowest BCUT2D eigenvalue weighted by atomic mass is 10.1. The van der Waals surface area contributed by atoms with E-state index >= 15 is 0 Å². The van der Waals surface area contributed by atoms with Crippen molar-refractivity contribution in [2.24, 2.45) is 5.84 Å². The number of halogens is 1. The van der Waals surface area contributed by atoms with Crippen molar-refractivity contribution in [3.63, 3.8) is 0 Å². The van der Waals surface area contributed by atoms with Gasteiger partial charge in [-0.1, -0.05) is 11.6 Å². The van der Waals surface area contributed by atoms with E-state index in [0.29, 0.717) is 10.6 Å². The van der Waals surface area contributed by atoms with Crippen LogP contribution in [0.2, 0.25) is 5.02 Å². The second-order valence-electron chi connectivity index (χ2n) is 3.05. The molecule has 1 aromatic carbocycles. The van der Waals surface area contributed by atoms with Crippen LogP contribution >= 0.6 is 11.6 Å². The quantitative estimate of drug-likeness (QED) is 0.505. The van der Waals surface area contributed by atoms with Crippen LogP contribution in [0.15, 0.2) is 12.1 Å². The maximum atomic E-state index is 9.56. The molecule has 0 saturated heterocycles. The summed E-state index contributed by atoms with van der Waals surface area (Å²) in [5, 5.41) is 10.2. The average molecular weight is 201 g/mol. The highest BCUT2D eigenvalue weighted by atomic mass is 35.5. The number of hydrazine groups is 1. The van der Waals surface area contributed by atoms with Crippen molar-refractivity contribution < 1.29 is 5.11 Å². The van der Waals surface area contributed by atoms with Gasteiger partial charge in [-0.15, -0.1) is 0 Å². The minimum Gasteiger partial charge on any atom is -0.508 e. The molecule has 72 valence electrons. The van der Waals surface area contributed by atoms with Crippen LogP contribution in [0.1, 0.15) is 24.1 Å². The summed E-state index contributed by atoms with van der Waals surface area (Å²) in [6.07, 6.45) is 0. The molecule has 0 unspecified atom stereocenters. The lowest BCUT2D eigenvalue weighted by Gasteiger charge is -2.13. The summed E-state index contributed by atoms with van der Waals surface area (Å²) in [6, 6.07) is 3.24. The van der Waals surface area contributed by atoms with Gasteiger partial charge in [-0.3, -0.25) is 11.3 Å². The first-order chi connectivity index (χ1) is 6.06. The third-order valence-corrected chi connectivity index (χ3v) is 2.43. The number of aryl methyl sites for hydroxylation is 1. The Labute approximate surface area is 82.5 Å². The summed E-state index contributed by atoms with van der Waals surface area (Å²) in [4.78, 5) is 0. The standard InChI is InChI=1S/C9H13ClN2O/c1-5-3-9(13)7(4-8(5)10)6(2)12-11/h3-4,6,12-13H,11H2,1-2H3/t6-/m0/s1. The molecular weight excluding hydrogens is 188 g/mol. The third kappa shape index (κ3) is 2.12. The van der Waals surface area contributed by atoms with Gasteiger partial charge in [-0.05, 0) is 31.5 Å². The van der Waals surface area contributed by atoms with Gasteiger partial charge in [-0.2, -0.15) is 0 Å². The maximum absolute atomic E-state index is 9.56. The Bertz CT molecular complexity index is 315. The zero-order valence-corrected chi connectivity index (χ0v) is 8.39. The number of phenols is 1. The molecule has 0 saturated carbocycles. The molecule has 0 aromatic heterocycles. The van der Waals surface area contributed by atoms with E-state index in [-0.39, 0.29) is 11.8 Å². The van der Waals surface area contributed by atoms with E-state index in [9.17, 15) is 5.11 Å². The molecule has 0 aliphatic rings. The largest absolute Gasteiger partial charge is 0.508 e. The maximum Gasteiger partial charge on any atom is 0.120 e. The number of nitrogens with one attached hydrogen (secondary N) is 1. The fraction of sp³-hybridized carbons (Fsp3) is 0.333. The smallest absolute Gasteiger partial charge is 0.120 e. The zero-order chi connectivity index (χ0) is 10.0. The van der Waals surface area contributed by atoms with Gasteiger partial charge in [0.1, 0.15) is 5.75 Å². The predicted molar refractivity (Wildman–Crippen MR) is 53.6 cm³/mol. The van der Waals surface area contributed by atoms with Crippen LogP contribution in [0.3, 0.4) is 0 Å². The van der Waals surface area contributed by atoms with Gasteiger partial charge < -0.3 is 5.11 Å². The second-order valence-corrected chi connectivity index (χ2v) is 3.46. The highest BCUT2D eigenvalue weighted by Crippen LogP contribution is 2.29. The molecule has 4 heteroatoms. The number of nitrogens with two attached hydrogens (primary N) is 1. The van der Waals surface area contributed by atoms with Gasteiger partial charge in [0.2, 0.25) is 0 Å². The molecule has 1 atom stereocenters. The Balaban J connectivity index is 3.15. The summed E-state index contributed by atoms with van der Waals surface area (Å²) in [7, 11) is 0. The Kier molecular flexibility index (Phi) is 3.14. The molecule has 0 radical (unpaired) electrons. The van der Waals surface area contributed by atoms with E-state index in [0.717, 1.165) is 5.56 Å². The monoisotopic (exact) mass is 200 g/mol. The molecule has 0 spiro atoms. The van der Waals surface area contributed by atoms with E-state index in [1.807, 2.05) is 13.8 Å². The first-order valence-electron chi connectivity index (χ1n) is 4.01. The van der Waals surface area contributed by atoms with Crippen LogP contribution in [-0.4, -0.2) is 5.11 Å². The van der Waals surface area contributed by atoms with Crippen LogP contribution in [0.4, 0.5) is 0 Å². The Morgan fingerprint density at radius 2 is 2.15 bits per heavy atom. The molecule has 0 amide bonds. The van der Waals surface area contributed by atoms with Gasteiger partial charge in [0.25, 0.3) is 0 Å². The summed E-state index contributed by atoms with van der Waals surface area (Å²) >= 11 is 5.91. The van der Waals surface area contributed by atoms with Crippen molar-refractivity contribution in [3.05, 3.63) is 28.3 Å². The lowest BCUT2D eigenvalue weighted by molar-refractivity contribution is 0.454. The Morgan fingerprint density at radius 1 is 1.54 bits per heavy atom. The van der Waals surface area contributed by atoms with E-state index in [2.05, 4.69) is 5.43 Å². The molecule has 13 heavy (non-hydrogen) atoms. The minimum absolute atomic E-state index is 0.113. The van der Waals surface area contributed by atoms with Gasteiger partial charge in [-0.25, -0.2) is 0 Å². The number of phenolic OH excluding ortho intramolecular Hbond substituents is 1. The molecule has 0 aliphatic carbocycles. The molecule has 1 rings (SSSR count). The molecule has 0 aliphatic heterocycles. The minimum atomic E-state index is -0.113. The highest BCUT2D eigenvalue weighted by molar-refractivity contribution is 6.31. The van der Waals surface area contributed by atoms with Crippen molar-refractivity contribution >= 4 is 11.6 Å². The molecule has 0 heterocycles. The van der Waals surface area contributed by atoms with Crippen molar-refractivity contribution in [2.45, 2.75) is 19.9 Å². The summed E-state index contributed by atoms with van der Waals surface area (Å²) in [5.74, 6) is 5.47. The SMILES string of the molecule is Cc1cc(O)c([C@H](C)NN)cc1Cl. The highest BCUT2D eigenvalue weighted by Gasteiger charge is 2.10. The van der Waals surface area contributed by atoms with Crippen molar-refractivity contribution in [2.75, 3.05) is 0 Å². The molecule has 4 N–H and O–H groups in total. The second kappa shape index (κ2) is 3.96. The number of aromatic hydroxyl groups is 1. The van der Waals surface area contributed by atoms with Gasteiger partial charge in [0.05, 0.1) is 0 Å².